The number of hydrogen-bond acceptors (Lipinski definition) is 3. The topological polar surface area (TPSA) is 34.9 Å². The fourth-order valence-electron chi connectivity index (χ4n) is 1.34. The summed E-state index contributed by atoms with van der Waals surface area (Å²) in [6.07, 6.45) is 3.61. The van der Waals surface area contributed by atoms with Crippen molar-refractivity contribution in [2.45, 2.75) is 5.16 Å². The van der Waals surface area contributed by atoms with Crippen LogP contribution in [0.2, 0.25) is 0 Å². The lowest BCUT2D eigenvalue weighted by molar-refractivity contribution is 0.102. The van der Waals surface area contributed by atoms with Gasteiger partial charge in [0.15, 0.2) is 10.9 Å². The maximum atomic E-state index is 11.9. The van der Waals surface area contributed by atoms with Gasteiger partial charge < -0.3 is 4.57 Å². The Morgan fingerprint density at radius 2 is 2.12 bits per heavy atom. The van der Waals surface area contributed by atoms with Crippen LogP contribution in [0.4, 0.5) is 0 Å². The van der Waals surface area contributed by atoms with Crippen molar-refractivity contribution in [2.75, 3.05) is 5.75 Å². The first-order valence-corrected chi connectivity index (χ1v) is 7.12. The van der Waals surface area contributed by atoms with Gasteiger partial charge in [-0.15, -0.1) is 0 Å². The number of Topliss-reactive ketones (excluding diaryl/α,β-unsaturated/α-hetero) is 1. The van der Waals surface area contributed by atoms with Gasteiger partial charge in [0.25, 0.3) is 0 Å². The second kappa shape index (κ2) is 5.68. The van der Waals surface area contributed by atoms with Crippen molar-refractivity contribution in [3.63, 3.8) is 0 Å². The molecule has 1 heterocycles. The summed E-state index contributed by atoms with van der Waals surface area (Å²) in [6.45, 7) is 0. The summed E-state index contributed by atoms with van der Waals surface area (Å²) >= 11 is 3.69. The van der Waals surface area contributed by atoms with E-state index in [0.29, 0.717) is 5.75 Å². The molecule has 1 aromatic carbocycles. The zero-order valence-electron chi connectivity index (χ0n) is 9.26. The maximum absolute atomic E-state index is 11.9. The summed E-state index contributed by atoms with van der Waals surface area (Å²) in [7, 11) is 1.92. The number of benzene rings is 1. The SMILES string of the molecule is Cn1ccnc1SCC(=O)c1ccc(I)cc1. The van der Waals surface area contributed by atoms with Gasteiger partial charge in [-0.3, -0.25) is 4.79 Å². The van der Waals surface area contributed by atoms with Crippen LogP contribution in [-0.2, 0) is 7.05 Å². The number of aromatic nitrogens is 2. The second-order valence-electron chi connectivity index (χ2n) is 3.54. The molecule has 5 heteroatoms. The molecule has 0 saturated heterocycles. The highest BCUT2D eigenvalue weighted by atomic mass is 127. The average molecular weight is 358 g/mol. The number of halogens is 1. The van der Waals surface area contributed by atoms with Crippen LogP contribution in [-0.4, -0.2) is 21.1 Å². The van der Waals surface area contributed by atoms with E-state index >= 15 is 0 Å². The molecule has 0 aliphatic carbocycles. The molecule has 1 aromatic heterocycles. The minimum absolute atomic E-state index is 0.134. The minimum Gasteiger partial charge on any atom is -0.329 e. The molecule has 0 fully saturated rings. The molecule has 0 amide bonds. The number of rotatable bonds is 4. The number of carbonyl (C=O) groups excluding carboxylic acids is 1. The van der Waals surface area contributed by atoms with Crippen molar-refractivity contribution in [2.24, 2.45) is 7.05 Å². The third-order valence-electron chi connectivity index (χ3n) is 2.28. The molecular formula is C12H11IN2OS. The Kier molecular flexibility index (Phi) is 4.22. The van der Waals surface area contributed by atoms with Gasteiger partial charge in [0, 0.05) is 28.6 Å². The summed E-state index contributed by atoms with van der Waals surface area (Å²) in [6, 6.07) is 7.62. The van der Waals surface area contributed by atoms with Crippen LogP contribution in [0.5, 0.6) is 0 Å². The summed E-state index contributed by atoms with van der Waals surface area (Å²) in [5, 5.41) is 0.865. The molecule has 0 unspecified atom stereocenters. The molecule has 0 bridgehead atoms. The Balaban J connectivity index is 1.98. The van der Waals surface area contributed by atoms with E-state index in [1.165, 1.54) is 11.8 Å². The van der Waals surface area contributed by atoms with Crippen molar-refractivity contribution in [1.82, 2.24) is 9.55 Å². The zero-order valence-corrected chi connectivity index (χ0v) is 12.2. The van der Waals surface area contributed by atoms with Gasteiger partial charge in [-0.05, 0) is 34.7 Å². The number of hydrogen-bond donors (Lipinski definition) is 0. The van der Waals surface area contributed by atoms with E-state index in [-0.39, 0.29) is 5.78 Å². The van der Waals surface area contributed by atoms with Crippen LogP contribution >= 0.6 is 34.4 Å². The Hall–Kier alpha value is -0.820. The van der Waals surface area contributed by atoms with E-state index in [9.17, 15) is 4.79 Å². The molecule has 0 aliphatic rings. The first kappa shape index (κ1) is 12.6. The van der Waals surface area contributed by atoms with E-state index in [4.69, 9.17) is 0 Å². The second-order valence-corrected chi connectivity index (χ2v) is 5.73. The highest BCUT2D eigenvalue weighted by Gasteiger charge is 2.08. The molecule has 3 nitrogen and oxygen atoms in total. The predicted octanol–water partition coefficient (Wildman–Crippen LogP) is 3.00. The molecule has 0 spiro atoms. The first-order valence-electron chi connectivity index (χ1n) is 5.05. The minimum atomic E-state index is 0.134. The molecule has 2 aromatic rings. The molecule has 17 heavy (non-hydrogen) atoms. The van der Waals surface area contributed by atoms with Crippen LogP contribution < -0.4 is 0 Å². The van der Waals surface area contributed by atoms with Gasteiger partial charge >= 0.3 is 0 Å². The van der Waals surface area contributed by atoms with Gasteiger partial charge in [-0.2, -0.15) is 0 Å². The predicted molar refractivity (Wildman–Crippen MR) is 77.4 cm³/mol. The van der Waals surface area contributed by atoms with Gasteiger partial charge in [0.05, 0.1) is 5.75 Å². The van der Waals surface area contributed by atoms with Crippen molar-refractivity contribution >= 4 is 40.1 Å². The Morgan fingerprint density at radius 1 is 1.41 bits per heavy atom. The quantitative estimate of drug-likeness (QED) is 0.479. The van der Waals surface area contributed by atoms with E-state index < -0.39 is 0 Å². The van der Waals surface area contributed by atoms with Crippen molar-refractivity contribution in [3.05, 3.63) is 45.8 Å². The first-order chi connectivity index (χ1) is 8.16. The summed E-state index contributed by atoms with van der Waals surface area (Å²) in [5.74, 6) is 0.556. The van der Waals surface area contributed by atoms with Gasteiger partial charge in [0.1, 0.15) is 0 Å². The van der Waals surface area contributed by atoms with E-state index in [0.717, 1.165) is 14.3 Å². The van der Waals surface area contributed by atoms with E-state index in [2.05, 4.69) is 27.6 Å². The van der Waals surface area contributed by atoms with Gasteiger partial charge in [-0.1, -0.05) is 23.9 Å². The number of ketones is 1. The monoisotopic (exact) mass is 358 g/mol. The third kappa shape index (κ3) is 3.32. The highest BCUT2D eigenvalue weighted by Crippen LogP contribution is 2.17. The van der Waals surface area contributed by atoms with Gasteiger partial charge in [-0.25, -0.2) is 4.98 Å². The standard InChI is InChI=1S/C12H11IN2OS/c1-15-7-6-14-12(15)17-8-11(16)9-2-4-10(13)5-3-9/h2-7H,8H2,1H3. The fourth-order valence-corrected chi connectivity index (χ4v) is 2.53. The van der Waals surface area contributed by atoms with Crippen LogP contribution in [0.15, 0.2) is 41.8 Å². The van der Waals surface area contributed by atoms with Crippen molar-refractivity contribution in [1.29, 1.82) is 0 Å². The summed E-state index contributed by atoms with van der Waals surface area (Å²) in [5.41, 5.74) is 0.757. The average Bonchev–Trinajstić information content (AvgIpc) is 2.73. The largest absolute Gasteiger partial charge is 0.329 e. The molecule has 0 saturated carbocycles. The Morgan fingerprint density at radius 3 is 2.71 bits per heavy atom. The number of thioether (sulfide) groups is 1. The molecule has 0 atom stereocenters. The van der Waals surface area contributed by atoms with E-state index in [1.807, 2.05) is 42.1 Å². The summed E-state index contributed by atoms with van der Waals surface area (Å²) in [4.78, 5) is 16.1. The van der Waals surface area contributed by atoms with Crippen LogP contribution in [0.25, 0.3) is 0 Å². The Bertz CT molecular complexity index is 522. The normalized spacial score (nSPS) is 10.5. The van der Waals surface area contributed by atoms with Crippen LogP contribution in [0.3, 0.4) is 0 Å². The molecule has 0 radical (unpaired) electrons. The third-order valence-corrected chi connectivity index (χ3v) is 4.05. The maximum Gasteiger partial charge on any atom is 0.173 e. The van der Waals surface area contributed by atoms with Crippen LogP contribution in [0.1, 0.15) is 10.4 Å². The molecule has 88 valence electrons. The number of aryl methyl sites for hydroxylation is 1. The molecule has 0 N–H and O–H groups in total. The lowest BCUT2D eigenvalue weighted by Crippen LogP contribution is -2.03. The Labute approximate surface area is 118 Å². The smallest absolute Gasteiger partial charge is 0.173 e. The highest BCUT2D eigenvalue weighted by molar-refractivity contribution is 14.1. The summed E-state index contributed by atoms with van der Waals surface area (Å²) < 4.78 is 3.04. The van der Waals surface area contributed by atoms with Gasteiger partial charge in [0.2, 0.25) is 0 Å². The zero-order chi connectivity index (χ0) is 12.3. The van der Waals surface area contributed by atoms with Crippen molar-refractivity contribution < 1.29 is 4.79 Å². The lowest BCUT2D eigenvalue weighted by Gasteiger charge is -2.02. The van der Waals surface area contributed by atoms with Crippen LogP contribution in [0, 0.1) is 3.57 Å². The molecule has 2 rings (SSSR count). The number of imidazole rings is 1. The lowest BCUT2D eigenvalue weighted by atomic mass is 10.2. The number of nitrogens with zero attached hydrogens (tertiary/aromatic N) is 2. The fraction of sp³-hybridized carbons (Fsp3) is 0.167. The van der Waals surface area contributed by atoms with E-state index in [1.54, 1.807) is 6.20 Å². The number of carbonyl (C=O) groups is 1. The van der Waals surface area contributed by atoms with Crippen molar-refractivity contribution in [3.8, 4) is 0 Å². The molecule has 0 aliphatic heterocycles. The molecular weight excluding hydrogens is 347 g/mol.